The topological polar surface area (TPSA) is 119 Å². The molecule has 2 heterocycles. The van der Waals surface area contributed by atoms with Gasteiger partial charge in [-0.1, -0.05) is 13.0 Å². The van der Waals surface area contributed by atoms with E-state index in [1.807, 2.05) is 6.92 Å². The maximum Gasteiger partial charge on any atom is 0.308 e. The highest BCUT2D eigenvalue weighted by atomic mass is 16.6. The van der Waals surface area contributed by atoms with Gasteiger partial charge in [0.25, 0.3) is 0 Å². The summed E-state index contributed by atoms with van der Waals surface area (Å²) in [5.41, 5.74) is -1.08. The molecule has 0 aromatic heterocycles. The SMILES string of the molecule is C=CC12C(CC)OC(=O)CC1C1OC(=O)CC1C(OC(=O)CCO)C2O. The average Bonchev–Trinajstić information content (AvgIpc) is 2.99. The van der Waals surface area contributed by atoms with Crippen LogP contribution >= 0.6 is 0 Å². The minimum atomic E-state index is -1.21. The van der Waals surface area contributed by atoms with Crippen LogP contribution in [0.1, 0.15) is 32.6 Å². The predicted octanol–water partition coefficient (Wildman–Crippen LogP) is 0.101. The second-order valence-electron chi connectivity index (χ2n) is 7.10. The molecule has 0 radical (unpaired) electrons. The average molecular weight is 368 g/mol. The molecule has 7 unspecified atom stereocenters. The molecule has 0 aromatic carbocycles. The maximum absolute atomic E-state index is 12.1. The van der Waals surface area contributed by atoms with E-state index in [9.17, 15) is 19.5 Å². The fourth-order valence-corrected chi connectivity index (χ4v) is 4.81. The number of rotatable bonds is 5. The first-order chi connectivity index (χ1) is 12.4. The molecule has 2 aliphatic heterocycles. The Morgan fingerprint density at radius 2 is 2.04 bits per heavy atom. The van der Waals surface area contributed by atoms with E-state index in [-0.39, 0.29) is 25.9 Å². The zero-order chi connectivity index (χ0) is 19.1. The normalized spacial score (nSPS) is 41.5. The Morgan fingerprint density at radius 1 is 1.35 bits per heavy atom. The molecule has 0 amide bonds. The highest BCUT2D eigenvalue weighted by Crippen LogP contribution is 2.56. The van der Waals surface area contributed by atoms with Crippen LogP contribution in [0.5, 0.6) is 0 Å². The van der Waals surface area contributed by atoms with Crippen LogP contribution in [-0.2, 0) is 28.6 Å². The molecular formula is C18H24O8. The summed E-state index contributed by atoms with van der Waals surface area (Å²) in [5, 5.41) is 20.1. The Morgan fingerprint density at radius 3 is 2.65 bits per heavy atom. The second kappa shape index (κ2) is 7.00. The minimum Gasteiger partial charge on any atom is -0.462 e. The Labute approximate surface area is 151 Å². The van der Waals surface area contributed by atoms with Gasteiger partial charge in [0.2, 0.25) is 0 Å². The molecule has 3 rings (SSSR count). The van der Waals surface area contributed by atoms with Crippen LogP contribution in [0.25, 0.3) is 0 Å². The first-order valence-electron chi connectivity index (χ1n) is 8.90. The molecule has 3 fully saturated rings. The third-order valence-electron chi connectivity index (χ3n) is 5.90. The van der Waals surface area contributed by atoms with Crippen molar-refractivity contribution in [2.45, 2.75) is 57.0 Å². The number of cyclic esters (lactones) is 1. The van der Waals surface area contributed by atoms with E-state index in [1.165, 1.54) is 6.08 Å². The number of ether oxygens (including phenoxy) is 3. The van der Waals surface area contributed by atoms with Crippen LogP contribution in [0.3, 0.4) is 0 Å². The van der Waals surface area contributed by atoms with Crippen LogP contribution in [0.15, 0.2) is 12.7 Å². The third-order valence-corrected chi connectivity index (χ3v) is 5.90. The summed E-state index contributed by atoms with van der Waals surface area (Å²) in [6, 6.07) is 0. The summed E-state index contributed by atoms with van der Waals surface area (Å²) in [6.07, 6.45) is -1.82. The van der Waals surface area contributed by atoms with Gasteiger partial charge in [-0.2, -0.15) is 0 Å². The van der Waals surface area contributed by atoms with Crippen molar-refractivity contribution in [2.75, 3.05) is 6.61 Å². The summed E-state index contributed by atoms with van der Waals surface area (Å²) in [5.74, 6) is -2.59. The van der Waals surface area contributed by atoms with Gasteiger partial charge >= 0.3 is 17.9 Å². The van der Waals surface area contributed by atoms with E-state index in [1.54, 1.807) is 0 Å². The summed E-state index contributed by atoms with van der Waals surface area (Å²) in [6.45, 7) is 5.28. The van der Waals surface area contributed by atoms with E-state index in [0.29, 0.717) is 6.42 Å². The van der Waals surface area contributed by atoms with Crippen molar-refractivity contribution in [2.24, 2.45) is 17.3 Å². The number of aliphatic hydroxyl groups is 2. The van der Waals surface area contributed by atoms with E-state index >= 15 is 0 Å². The molecule has 3 aliphatic rings. The molecule has 2 saturated heterocycles. The lowest BCUT2D eigenvalue weighted by Gasteiger charge is -2.56. The molecular weight excluding hydrogens is 344 g/mol. The monoisotopic (exact) mass is 368 g/mol. The van der Waals surface area contributed by atoms with Crippen molar-refractivity contribution in [3.63, 3.8) is 0 Å². The third kappa shape index (κ3) is 2.72. The highest BCUT2D eigenvalue weighted by molar-refractivity contribution is 5.75. The Bertz CT molecular complexity index is 616. The number of aliphatic hydroxyl groups excluding tert-OH is 2. The minimum absolute atomic E-state index is 0.00559. The van der Waals surface area contributed by atoms with Crippen LogP contribution in [0.2, 0.25) is 0 Å². The van der Waals surface area contributed by atoms with Crippen molar-refractivity contribution in [3.8, 4) is 0 Å². The summed E-state index contributed by atoms with van der Waals surface area (Å²) in [4.78, 5) is 36.0. The highest BCUT2D eigenvalue weighted by Gasteiger charge is 2.67. The van der Waals surface area contributed by atoms with E-state index in [0.717, 1.165) is 0 Å². The van der Waals surface area contributed by atoms with Gasteiger partial charge < -0.3 is 24.4 Å². The van der Waals surface area contributed by atoms with Crippen molar-refractivity contribution in [1.82, 2.24) is 0 Å². The zero-order valence-electron chi connectivity index (χ0n) is 14.6. The number of hydrogen-bond acceptors (Lipinski definition) is 8. The van der Waals surface area contributed by atoms with Gasteiger partial charge in [-0.15, -0.1) is 6.58 Å². The number of esters is 3. The largest absolute Gasteiger partial charge is 0.462 e. The summed E-state index contributed by atoms with van der Waals surface area (Å²) >= 11 is 0. The lowest BCUT2D eigenvalue weighted by Crippen LogP contribution is -2.67. The molecule has 7 atom stereocenters. The quantitative estimate of drug-likeness (QED) is 0.398. The number of hydrogen-bond donors (Lipinski definition) is 2. The maximum atomic E-state index is 12.1. The zero-order valence-corrected chi connectivity index (χ0v) is 14.6. The number of fused-ring (bicyclic) bond motifs is 3. The molecule has 1 aliphatic carbocycles. The van der Waals surface area contributed by atoms with Gasteiger partial charge in [0, 0.05) is 11.8 Å². The van der Waals surface area contributed by atoms with Gasteiger partial charge in [-0.3, -0.25) is 14.4 Å². The first-order valence-corrected chi connectivity index (χ1v) is 8.90. The molecule has 2 N–H and O–H groups in total. The second-order valence-corrected chi connectivity index (χ2v) is 7.10. The van der Waals surface area contributed by atoms with Crippen LogP contribution in [0.4, 0.5) is 0 Å². The molecule has 26 heavy (non-hydrogen) atoms. The molecule has 0 spiro atoms. The van der Waals surface area contributed by atoms with Gasteiger partial charge in [-0.05, 0) is 6.42 Å². The molecule has 8 nitrogen and oxygen atoms in total. The van der Waals surface area contributed by atoms with E-state index in [4.69, 9.17) is 19.3 Å². The van der Waals surface area contributed by atoms with Crippen LogP contribution in [-0.4, -0.2) is 59.1 Å². The Kier molecular flexibility index (Phi) is 5.07. The molecule has 0 bridgehead atoms. The van der Waals surface area contributed by atoms with Crippen molar-refractivity contribution in [3.05, 3.63) is 12.7 Å². The van der Waals surface area contributed by atoms with Crippen molar-refractivity contribution in [1.29, 1.82) is 0 Å². The number of carbonyl (C=O) groups excluding carboxylic acids is 3. The first kappa shape index (κ1) is 18.8. The Balaban J connectivity index is 2.03. The van der Waals surface area contributed by atoms with Crippen LogP contribution in [0, 0.1) is 17.3 Å². The van der Waals surface area contributed by atoms with E-state index in [2.05, 4.69) is 6.58 Å². The summed E-state index contributed by atoms with van der Waals surface area (Å²) < 4.78 is 16.4. The Hall–Kier alpha value is -1.93. The molecule has 0 aromatic rings. The fraction of sp³-hybridized carbons (Fsp3) is 0.722. The fourth-order valence-electron chi connectivity index (χ4n) is 4.81. The molecule has 8 heteroatoms. The van der Waals surface area contributed by atoms with Gasteiger partial charge in [-0.25, -0.2) is 0 Å². The lowest BCUT2D eigenvalue weighted by molar-refractivity contribution is -0.238. The van der Waals surface area contributed by atoms with Gasteiger partial charge in [0.1, 0.15) is 24.4 Å². The lowest BCUT2D eigenvalue weighted by atomic mass is 9.54. The molecule has 1 saturated carbocycles. The van der Waals surface area contributed by atoms with Crippen molar-refractivity contribution >= 4 is 17.9 Å². The van der Waals surface area contributed by atoms with Gasteiger partial charge in [0.15, 0.2) is 0 Å². The standard InChI is InChI=1S/C18H24O8/c1-3-11-18(4-2)10(8-14(22)24-11)15-9(7-13(21)26-15)16(17(18)23)25-12(20)5-6-19/h4,9-11,15-17,19,23H,2-3,5-8H2,1H3. The molecule has 144 valence electrons. The number of carbonyl (C=O) groups is 3. The van der Waals surface area contributed by atoms with Crippen molar-refractivity contribution < 1.29 is 38.8 Å². The summed E-state index contributed by atoms with van der Waals surface area (Å²) in [7, 11) is 0. The van der Waals surface area contributed by atoms with Crippen LogP contribution < -0.4 is 0 Å². The smallest absolute Gasteiger partial charge is 0.308 e. The van der Waals surface area contributed by atoms with Gasteiger partial charge in [0.05, 0.1) is 31.3 Å². The predicted molar refractivity (Wildman–Crippen MR) is 86.5 cm³/mol. The van der Waals surface area contributed by atoms with E-state index < -0.39 is 59.6 Å².